The monoisotopic (exact) mass is 177 g/mol. The SMILES string of the molecule is N[C@@H]1CCc2cc(OC=O)ccc21. The number of hydrogen-bond donors (Lipinski definition) is 1. The van der Waals surface area contributed by atoms with Crippen LogP contribution in [0.15, 0.2) is 18.2 Å². The van der Waals surface area contributed by atoms with E-state index >= 15 is 0 Å². The highest BCUT2D eigenvalue weighted by Crippen LogP contribution is 2.31. The van der Waals surface area contributed by atoms with E-state index in [-0.39, 0.29) is 6.04 Å². The zero-order chi connectivity index (χ0) is 9.26. The van der Waals surface area contributed by atoms with E-state index in [1.54, 1.807) is 6.07 Å². The van der Waals surface area contributed by atoms with Gasteiger partial charge in [-0.1, -0.05) is 6.07 Å². The van der Waals surface area contributed by atoms with Crippen molar-refractivity contribution in [1.29, 1.82) is 0 Å². The van der Waals surface area contributed by atoms with Gasteiger partial charge in [0, 0.05) is 6.04 Å². The molecule has 0 radical (unpaired) electrons. The van der Waals surface area contributed by atoms with Crippen molar-refractivity contribution in [3.8, 4) is 5.75 Å². The van der Waals surface area contributed by atoms with Crippen LogP contribution in [0.3, 0.4) is 0 Å². The normalized spacial score (nSPS) is 19.6. The van der Waals surface area contributed by atoms with Crippen LogP contribution in [0, 0.1) is 0 Å². The summed E-state index contributed by atoms with van der Waals surface area (Å²) in [6, 6.07) is 5.75. The van der Waals surface area contributed by atoms with Crippen molar-refractivity contribution in [3.05, 3.63) is 29.3 Å². The molecular weight excluding hydrogens is 166 g/mol. The molecule has 1 aromatic rings. The fourth-order valence-electron chi connectivity index (χ4n) is 1.76. The van der Waals surface area contributed by atoms with Gasteiger partial charge in [0.05, 0.1) is 0 Å². The molecule has 1 atom stereocenters. The second kappa shape index (κ2) is 3.18. The molecular formula is C10H11NO2. The highest BCUT2D eigenvalue weighted by molar-refractivity contribution is 5.48. The van der Waals surface area contributed by atoms with Crippen LogP contribution >= 0.6 is 0 Å². The number of carbonyl (C=O) groups excluding carboxylic acids is 1. The van der Waals surface area contributed by atoms with Gasteiger partial charge in [-0.2, -0.15) is 0 Å². The summed E-state index contributed by atoms with van der Waals surface area (Å²) in [6.45, 7) is 0.441. The molecule has 0 spiro atoms. The van der Waals surface area contributed by atoms with E-state index in [0.29, 0.717) is 12.2 Å². The first-order valence-electron chi connectivity index (χ1n) is 4.30. The topological polar surface area (TPSA) is 52.3 Å². The Labute approximate surface area is 76.5 Å². The summed E-state index contributed by atoms with van der Waals surface area (Å²) < 4.78 is 4.74. The molecule has 2 rings (SSSR count). The van der Waals surface area contributed by atoms with Crippen molar-refractivity contribution in [2.75, 3.05) is 0 Å². The van der Waals surface area contributed by atoms with Crippen molar-refractivity contribution >= 4 is 6.47 Å². The van der Waals surface area contributed by atoms with Crippen molar-refractivity contribution in [2.24, 2.45) is 5.73 Å². The maximum absolute atomic E-state index is 10.1. The Kier molecular flexibility index (Phi) is 2.02. The second-order valence-corrected chi connectivity index (χ2v) is 3.22. The van der Waals surface area contributed by atoms with E-state index in [1.807, 2.05) is 12.1 Å². The van der Waals surface area contributed by atoms with Crippen LogP contribution in [0.2, 0.25) is 0 Å². The van der Waals surface area contributed by atoms with E-state index in [9.17, 15) is 4.79 Å². The van der Waals surface area contributed by atoms with Crippen LogP contribution in [-0.4, -0.2) is 6.47 Å². The lowest BCUT2D eigenvalue weighted by Crippen LogP contribution is -2.04. The summed E-state index contributed by atoms with van der Waals surface area (Å²) in [7, 11) is 0. The van der Waals surface area contributed by atoms with Gasteiger partial charge < -0.3 is 10.5 Å². The lowest BCUT2D eigenvalue weighted by molar-refractivity contribution is -0.120. The van der Waals surface area contributed by atoms with Gasteiger partial charge in [-0.3, -0.25) is 4.79 Å². The summed E-state index contributed by atoms with van der Waals surface area (Å²) in [5.41, 5.74) is 8.24. The predicted octanol–water partition coefficient (Wildman–Crippen LogP) is 1.17. The third-order valence-corrected chi connectivity index (χ3v) is 2.42. The minimum atomic E-state index is 0.153. The Balaban J connectivity index is 2.33. The number of fused-ring (bicyclic) bond motifs is 1. The zero-order valence-electron chi connectivity index (χ0n) is 7.19. The third-order valence-electron chi connectivity index (χ3n) is 2.42. The van der Waals surface area contributed by atoms with E-state index < -0.39 is 0 Å². The third kappa shape index (κ3) is 1.42. The molecule has 0 amide bonds. The first-order chi connectivity index (χ1) is 6.31. The van der Waals surface area contributed by atoms with Crippen LogP contribution in [-0.2, 0) is 11.2 Å². The smallest absolute Gasteiger partial charge is 0.298 e. The van der Waals surface area contributed by atoms with Crippen LogP contribution in [0.5, 0.6) is 5.75 Å². The number of ether oxygens (including phenoxy) is 1. The predicted molar refractivity (Wildman–Crippen MR) is 48.4 cm³/mol. The van der Waals surface area contributed by atoms with Gasteiger partial charge in [-0.15, -0.1) is 0 Å². The molecule has 0 heterocycles. The summed E-state index contributed by atoms with van der Waals surface area (Å²) in [4.78, 5) is 10.1. The summed E-state index contributed by atoms with van der Waals surface area (Å²) >= 11 is 0. The van der Waals surface area contributed by atoms with Crippen molar-refractivity contribution < 1.29 is 9.53 Å². The van der Waals surface area contributed by atoms with E-state index in [1.165, 1.54) is 11.1 Å². The van der Waals surface area contributed by atoms with Crippen molar-refractivity contribution in [3.63, 3.8) is 0 Å². The van der Waals surface area contributed by atoms with Crippen LogP contribution < -0.4 is 10.5 Å². The molecule has 0 saturated heterocycles. The van der Waals surface area contributed by atoms with E-state index in [0.717, 1.165) is 12.8 Å². The Morgan fingerprint density at radius 3 is 3.15 bits per heavy atom. The summed E-state index contributed by atoms with van der Waals surface area (Å²) in [5, 5.41) is 0. The molecule has 0 aliphatic heterocycles. The number of benzene rings is 1. The number of aryl methyl sites for hydroxylation is 1. The molecule has 3 heteroatoms. The first kappa shape index (κ1) is 8.26. The Morgan fingerprint density at radius 2 is 2.38 bits per heavy atom. The van der Waals surface area contributed by atoms with Gasteiger partial charge in [-0.05, 0) is 36.1 Å². The van der Waals surface area contributed by atoms with Crippen molar-refractivity contribution in [2.45, 2.75) is 18.9 Å². The van der Waals surface area contributed by atoms with Gasteiger partial charge >= 0.3 is 0 Å². The van der Waals surface area contributed by atoms with Crippen LogP contribution in [0.1, 0.15) is 23.6 Å². The highest BCUT2D eigenvalue weighted by atomic mass is 16.5. The largest absolute Gasteiger partial charge is 0.429 e. The van der Waals surface area contributed by atoms with Crippen LogP contribution in [0.25, 0.3) is 0 Å². The molecule has 1 aliphatic rings. The highest BCUT2D eigenvalue weighted by Gasteiger charge is 2.18. The zero-order valence-corrected chi connectivity index (χ0v) is 7.19. The van der Waals surface area contributed by atoms with Gasteiger partial charge in [0.15, 0.2) is 0 Å². The molecule has 0 bridgehead atoms. The minimum Gasteiger partial charge on any atom is -0.429 e. The minimum absolute atomic E-state index is 0.153. The molecule has 68 valence electrons. The number of hydrogen-bond acceptors (Lipinski definition) is 3. The molecule has 13 heavy (non-hydrogen) atoms. The standard InChI is InChI=1S/C10H11NO2/c11-10-4-1-7-5-8(13-6-12)2-3-9(7)10/h2-3,5-6,10H,1,4,11H2/t10-/m1/s1. The van der Waals surface area contributed by atoms with E-state index in [4.69, 9.17) is 10.5 Å². The fourth-order valence-corrected chi connectivity index (χ4v) is 1.76. The van der Waals surface area contributed by atoms with Gasteiger partial charge in [0.1, 0.15) is 5.75 Å². The molecule has 0 fully saturated rings. The Hall–Kier alpha value is -1.35. The summed E-state index contributed by atoms with van der Waals surface area (Å²) in [5.74, 6) is 0.600. The van der Waals surface area contributed by atoms with E-state index in [2.05, 4.69) is 0 Å². The number of carbonyl (C=O) groups is 1. The number of nitrogens with two attached hydrogens (primary N) is 1. The molecule has 0 unspecified atom stereocenters. The fraction of sp³-hybridized carbons (Fsp3) is 0.300. The maximum atomic E-state index is 10.1. The van der Waals surface area contributed by atoms with Gasteiger partial charge in [-0.25, -0.2) is 0 Å². The molecule has 3 nitrogen and oxygen atoms in total. The molecule has 1 aliphatic carbocycles. The molecule has 2 N–H and O–H groups in total. The molecule has 1 aromatic carbocycles. The molecule has 0 saturated carbocycles. The quantitative estimate of drug-likeness (QED) is 0.690. The van der Waals surface area contributed by atoms with Crippen molar-refractivity contribution in [1.82, 2.24) is 0 Å². The number of rotatable bonds is 2. The Morgan fingerprint density at radius 1 is 1.54 bits per heavy atom. The molecule has 0 aromatic heterocycles. The second-order valence-electron chi connectivity index (χ2n) is 3.22. The first-order valence-corrected chi connectivity index (χ1v) is 4.30. The average molecular weight is 177 g/mol. The summed E-state index contributed by atoms with van der Waals surface area (Å²) in [6.07, 6.45) is 1.96. The van der Waals surface area contributed by atoms with Crippen LogP contribution in [0.4, 0.5) is 0 Å². The van der Waals surface area contributed by atoms with Gasteiger partial charge in [0.2, 0.25) is 0 Å². The Bertz CT molecular complexity index is 336. The van der Waals surface area contributed by atoms with Gasteiger partial charge in [0.25, 0.3) is 6.47 Å². The maximum Gasteiger partial charge on any atom is 0.298 e. The lowest BCUT2D eigenvalue weighted by atomic mass is 10.1. The lowest BCUT2D eigenvalue weighted by Gasteiger charge is -2.05. The average Bonchev–Trinajstić information content (AvgIpc) is 2.48.